The monoisotopic (exact) mass is 1180 g/mol. The first-order valence-corrected chi connectivity index (χ1v) is 28.3. The molecule has 27 nitrogen and oxygen atoms in total. The number of benzene rings is 3. The number of likely N-dealkylation sites (tertiary alicyclic amines) is 1. The maximum Gasteiger partial charge on any atom is 0.245 e. The number of rotatable bonds is 30. The van der Waals surface area contributed by atoms with Crippen molar-refractivity contribution in [3.05, 3.63) is 101 Å². The van der Waals surface area contributed by atoms with Crippen molar-refractivity contribution < 1.29 is 53.1 Å². The summed E-state index contributed by atoms with van der Waals surface area (Å²) in [7, 11) is 1.41. The molecule has 85 heavy (non-hydrogen) atoms. The third-order valence-corrected chi connectivity index (χ3v) is 14.7. The van der Waals surface area contributed by atoms with Gasteiger partial charge < -0.3 is 80.8 Å². The second-order valence-electron chi connectivity index (χ2n) is 21.8. The topological polar surface area (TPSA) is 442 Å². The van der Waals surface area contributed by atoms with Crippen LogP contribution in [0.1, 0.15) is 94.4 Å². The highest BCUT2D eigenvalue weighted by Crippen LogP contribution is 2.28. The summed E-state index contributed by atoms with van der Waals surface area (Å²) in [5.41, 5.74) is 35.7. The van der Waals surface area contributed by atoms with Crippen LogP contribution in [-0.2, 0) is 73.8 Å². The number of nitrogens with one attached hydrogen (secondary N) is 5. The van der Waals surface area contributed by atoms with Gasteiger partial charge in [-0.3, -0.25) is 57.9 Å². The quantitative estimate of drug-likeness (QED) is 0.0193. The lowest BCUT2D eigenvalue weighted by Crippen LogP contribution is -2.61. The van der Waals surface area contributed by atoms with E-state index in [1.54, 1.807) is 66.7 Å². The summed E-state index contributed by atoms with van der Waals surface area (Å²) in [5, 5.41) is 23.8. The lowest BCUT2D eigenvalue weighted by atomic mass is 9.92. The molecule has 2 aliphatic heterocycles. The maximum absolute atomic E-state index is 15.1. The minimum absolute atomic E-state index is 0.00232. The first-order chi connectivity index (χ1) is 40.3. The van der Waals surface area contributed by atoms with Crippen LogP contribution in [0.3, 0.4) is 0 Å². The van der Waals surface area contributed by atoms with E-state index in [2.05, 4.69) is 36.6 Å². The van der Waals surface area contributed by atoms with Crippen molar-refractivity contribution in [2.75, 3.05) is 26.7 Å². The van der Waals surface area contributed by atoms with Crippen LogP contribution >= 0.6 is 0 Å². The van der Waals surface area contributed by atoms with Crippen molar-refractivity contribution in [1.29, 1.82) is 0 Å². The standard InChI is InChI=1S/C58H82N16O11/c1-33(2)26-44(71-51(80)43(27-35-14-7-5-8-15-35)70-54(83)47-30-37-21-22-39(76)29-38(37)32-74(47)34(3)75)55(84)72(4)46(28-36-16-9-6-10-17-36)53(82)68-41(19-12-24-66-58(63)64)56(85)73-25-13-20-45(73)52(81)67-40(18-11-23-65-57(61)62)50(79)69-42(49(60)78)31-48(59)77/h5-10,14-17,21-22,29,33,40-47,76H,11-13,18-20,23-28,30-32H2,1-4H3,(H2,59,77)(H2,60,78)(H,67,81)(H,68,82)(H,69,79)(H,70,83)(H,71,80)(H4,61,62,65)(H4,63,64,66)/t40-,41-,42-,43-,44-,45-,46-,47-/m0/s1. The molecule has 5 rings (SSSR count). The number of amides is 10. The van der Waals surface area contributed by atoms with Gasteiger partial charge in [0, 0.05) is 59.4 Å². The Morgan fingerprint density at radius 2 is 1.18 bits per heavy atom. The van der Waals surface area contributed by atoms with Crippen LogP contribution in [0.4, 0.5) is 0 Å². The summed E-state index contributed by atoms with van der Waals surface area (Å²) in [5.74, 6) is -8.05. The molecule has 0 unspecified atom stereocenters. The zero-order chi connectivity index (χ0) is 62.5. The first kappa shape index (κ1) is 66.5. The minimum atomic E-state index is -1.50. The molecule has 2 aliphatic rings. The smallest absolute Gasteiger partial charge is 0.245 e. The predicted octanol–water partition coefficient (Wildman–Crippen LogP) is -2.09. The van der Waals surface area contributed by atoms with Gasteiger partial charge in [-0.05, 0) is 85.3 Å². The van der Waals surface area contributed by atoms with E-state index in [0.717, 1.165) is 5.56 Å². The maximum atomic E-state index is 15.1. The zero-order valence-corrected chi connectivity index (χ0v) is 48.5. The zero-order valence-electron chi connectivity index (χ0n) is 48.5. The van der Waals surface area contributed by atoms with Crippen LogP contribution < -0.4 is 61.0 Å². The number of nitrogens with two attached hydrogens (primary N) is 6. The SMILES string of the molecule is CC(=O)N1Cc2cc(O)ccc2C[C@H]1C(=O)N[C@@H](Cc1ccccc1)C(=O)N[C@@H](CC(C)C)C(=O)N(C)[C@@H](Cc1ccccc1)C(=O)N[C@@H](CCCN=C(N)N)C(=O)N1CCC[C@H]1C(=O)N[C@@H](CCCN=C(N)N)C(=O)N[C@@H](CC(N)=O)C(N)=O. The molecule has 2 heterocycles. The summed E-state index contributed by atoms with van der Waals surface area (Å²) >= 11 is 0. The third-order valence-electron chi connectivity index (χ3n) is 14.7. The normalized spacial score (nSPS) is 16.6. The molecule has 0 spiro atoms. The lowest BCUT2D eigenvalue weighted by molar-refractivity contribution is -0.145. The number of carbonyl (C=O) groups excluding carboxylic acids is 10. The fourth-order valence-electron chi connectivity index (χ4n) is 10.3. The molecule has 1 saturated heterocycles. The first-order valence-electron chi connectivity index (χ1n) is 28.3. The van der Waals surface area contributed by atoms with Crippen molar-refractivity contribution in [3.8, 4) is 5.75 Å². The molecule has 0 aromatic heterocycles. The Morgan fingerprint density at radius 3 is 1.74 bits per heavy atom. The average Bonchev–Trinajstić information content (AvgIpc) is 4.13. The number of carbonyl (C=O) groups is 10. The van der Waals surface area contributed by atoms with Gasteiger partial charge in [-0.2, -0.15) is 0 Å². The van der Waals surface area contributed by atoms with Gasteiger partial charge in [0.05, 0.1) is 6.42 Å². The molecule has 18 N–H and O–H groups in total. The Labute approximate surface area is 493 Å². The Morgan fingerprint density at radius 1 is 0.635 bits per heavy atom. The number of hydrogen-bond donors (Lipinski definition) is 12. The fourth-order valence-corrected chi connectivity index (χ4v) is 10.3. The van der Waals surface area contributed by atoms with E-state index >= 15 is 9.59 Å². The number of likely N-dealkylation sites (N-methyl/N-ethyl adjacent to an activating group) is 1. The summed E-state index contributed by atoms with van der Waals surface area (Å²) < 4.78 is 0. The van der Waals surface area contributed by atoms with Crippen LogP contribution in [0.2, 0.25) is 0 Å². The number of nitrogens with zero attached hydrogens (tertiary/aromatic N) is 5. The van der Waals surface area contributed by atoms with E-state index in [4.69, 9.17) is 34.4 Å². The van der Waals surface area contributed by atoms with Crippen LogP contribution in [0.5, 0.6) is 5.75 Å². The molecule has 1 fully saturated rings. The van der Waals surface area contributed by atoms with Gasteiger partial charge in [0.15, 0.2) is 11.9 Å². The Bertz CT molecular complexity index is 2920. The van der Waals surface area contributed by atoms with Crippen molar-refractivity contribution >= 4 is 71.0 Å². The van der Waals surface area contributed by atoms with Gasteiger partial charge in [0.2, 0.25) is 59.1 Å². The number of aliphatic imine (C=N–C) groups is 2. The van der Waals surface area contributed by atoms with Crippen molar-refractivity contribution in [1.82, 2.24) is 41.3 Å². The van der Waals surface area contributed by atoms with E-state index in [-0.39, 0.29) is 108 Å². The van der Waals surface area contributed by atoms with E-state index in [1.807, 2.05) is 13.8 Å². The highest BCUT2D eigenvalue weighted by Gasteiger charge is 2.42. The Hall–Kier alpha value is -9.30. The summed E-state index contributed by atoms with van der Waals surface area (Å²) in [6, 6.07) is 12.2. The number of phenolic OH excluding ortho intramolecular Hbond substituents is 1. The molecule has 460 valence electrons. The Balaban J connectivity index is 1.43. The number of primary amides is 2. The second kappa shape index (κ2) is 31.9. The molecular weight excluding hydrogens is 1100 g/mol. The fraction of sp³-hybridized carbons (Fsp3) is 0.483. The molecule has 0 radical (unpaired) electrons. The molecule has 10 amide bonds. The van der Waals surface area contributed by atoms with Crippen LogP contribution in [-0.4, -0.2) is 166 Å². The number of guanidine groups is 2. The third kappa shape index (κ3) is 20.2. The van der Waals surface area contributed by atoms with Crippen molar-refractivity contribution in [2.24, 2.45) is 50.3 Å². The number of hydrogen-bond acceptors (Lipinski definition) is 13. The van der Waals surface area contributed by atoms with Gasteiger partial charge in [-0.15, -0.1) is 0 Å². The molecule has 8 atom stereocenters. The van der Waals surface area contributed by atoms with E-state index in [0.29, 0.717) is 23.1 Å². The summed E-state index contributed by atoms with van der Waals surface area (Å²) in [4.78, 5) is 151. The summed E-state index contributed by atoms with van der Waals surface area (Å²) in [6.07, 6.45) is 0.215. The molecule has 3 aromatic rings. The van der Waals surface area contributed by atoms with E-state index in [1.165, 1.54) is 40.8 Å². The number of aromatic hydroxyl groups is 1. The summed E-state index contributed by atoms with van der Waals surface area (Å²) in [6.45, 7) is 5.23. The number of phenols is 1. The van der Waals surface area contributed by atoms with Gasteiger partial charge in [0.1, 0.15) is 54.1 Å². The number of fused-ring (bicyclic) bond motifs is 1. The van der Waals surface area contributed by atoms with Crippen molar-refractivity contribution in [2.45, 2.75) is 146 Å². The van der Waals surface area contributed by atoms with Gasteiger partial charge in [-0.25, -0.2) is 0 Å². The largest absolute Gasteiger partial charge is 0.508 e. The average molecular weight is 1180 g/mol. The van der Waals surface area contributed by atoms with E-state index < -0.39 is 114 Å². The highest BCUT2D eigenvalue weighted by atomic mass is 16.3. The van der Waals surface area contributed by atoms with Gasteiger partial charge in [-0.1, -0.05) is 80.6 Å². The van der Waals surface area contributed by atoms with Crippen LogP contribution in [0, 0.1) is 5.92 Å². The second-order valence-corrected chi connectivity index (χ2v) is 21.8. The van der Waals surface area contributed by atoms with Gasteiger partial charge >= 0.3 is 0 Å². The van der Waals surface area contributed by atoms with E-state index in [9.17, 15) is 43.5 Å². The van der Waals surface area contributed by atoms with Gasteiger partial charge in [0.25, 0.3) is 0 Å². The molecule has 3 aromatic carbocycles. The molecule has 27 heteroatoms. The minimum Gasteiger partial charge on any atom is -0.508 e. The lowest BCUT2D eigenvalue weighted by Gasteiger charge is -2.36. The molecule has 0 saturated carbocycles. The highest BCUT2D eigenvalue weighted by molar-refractivity contribution is 5.99. The molecule has 0 aliphatic carbocycles. The van der Waals surface area contributed by atoms with Crippen molar-refractivity contribution in [3.63, 3.8) is 0 Å². The predicted molar refractivity (Wildman–Crippen MR) is 315 cm³/mol. The Kier molecular flexibility index (Phi) is 25.0. The van der Waals surface area contributed by atoms with Crippen LogP contribution in [0.15, 0.2) is 88.8 Å². The van der Waals surface area contributed by atoms with Crippen LogP contribution in [0.25, 0.3) is 0 Å². The molecule has 0 bridgehead atoms. The molecular formula is C58H82N16O11.